The first-order valence-corrected chi connectivity index (χ1v) is 9.74. The Morgan fingerprint density at radius 2 is 1.92 bits per heavy atom. The number of rotatable bonds is 7. The van der Waals surface area contributed by atoms with Gasteiger partial charge in [0.1, 0.15) is 6.26 Å². The zero-order chi connectivity index (χ0) is 18.7. The number of carboxylic acid groups (broad SMARTS) is 1. The summed E-state index contributed by atoms with van der Waals surface area (Å²) in [5, 5.41) is 11.8. The minimum absolute atomic E-state index is 0.0433. The smallest absolute Gasteiger partial charge is 0.321 e. The Morgan fingerprint density at radius 3 is 2.50 bits per heavy atom. The highest BCUT2D eigenvalue weighted by atomic mass is 32.2. The first-order valence-electron chi connectivity index (χ1n) is 7.79. The van der Waals surface area contributed by atoms with Gasteiger partial charge in [0.25, 0.3) is 0 Å². The quantitative estimate of drug-likeness (QED) is 0.672. The number of benzene rings is 1. The maximum atomic E-state index is 11.5. The number of oxazole rings is 1. The van der Waals surface area contributed by atoms with Gasteiger partial charge in [0.05, 0.1) is 12.4 Å². The van der Waals surface area contributed by atoms with Crippen molar-refractivity contribution in [2.75, 3.05) is 6.26 Å². The molecule has 0 saturated heterocycles. The minimum atomic E-state index is -3.66. The van der Waals surface area contributed by atoms with Crippen LogP contribution in [0.25, 0.3) is 22.6 Å². The Labute approximate surface area is 150 Å². The lowest BCUT2D eigenvalue weighted by Gasteiger charge is -2.09. The number of aromatic nitrogens is 3. The summed E-state index contributed by atoms with van der Waals surface area (Å²) in [4.78, 5) is 15.2. The summed E-state index contributed by atoms with van der Waals surface area (Å²) in [6.07, 6.45) is 7.37. The molecule has 0 spiro atoms. The highest BCUT2D eigenvalue weighted by molar-refractivity contribution is 7.92. The van der Waals surface area contributed by atoms with Gasteiger partial charge in [0.2, 0.25) is 5.89 Å². The number of sulfone groups is 1. The van der Waals surface area contributed by atoms with Crippen molar-refractivity contribution in [1.29, 1.82) is 0 Å². The molecule has 0 amide bonds. The first-order chi connectivity index (χ1) is 12.3. The van der Waals surface area contributed by atoms with Crippen LogP contribution in [0.1, 0.15) is 6.42 Å². The van der Waals surface area contributed by atoms with Crippen LogP contribution in [0, 0.1) is 0 Å². The van der Waals surface area contributed by atoms with Gasteiger partial charge >= 0.3 is 5.97 Å². The second kappa shape index (κ2) is 7.12. The van der Waals surface area contributed by atoms with E-state index in [9.17, 15) is 13.2 Å². The summed E-state index contributed by atoms with van der Waals surface area (Å²) in [6.45, 7) is 0.193. The van der Waals surface area contributed by atoms with E-state index in [0.717, 1.165) is 22.9 Å². The van der Waals surface area contributed by atoms with Crippen LogP contribution in [-0.4, -0.2) is 45.8 Å². The molecule has 26 heavy (non-hydrogen) atoms. The van der Waals surface area contributed by atoms with Gasteiger partial charge in [0.15, 0.2) is 15.1 Å². The van der Waals surface area contributed by atoms with Gasteiger partial charge < -0.3 is 9.52 Å². The van der Waals surface area contributed by atoms with Gasteiger partial charge in [-0.05, 0) is 24.1 Å². The van der Waals surface area contributed by atoms with Crippen molar-refractivity contribution in [3.05, 3.63) is 49.1 Å². The van der Waals surface area contributed by atoms with E-state index in [4.69, 9.17) is 9.52 Å². The van der Waals surface area contributed by atoms with Crippen LogP contribution >= 0.6 is 0 Å². The number of carboxylic acids is 1. The van der Waals surface area contributed by atoms with E-state index in [1.165, 1.54) is 6.26 Å². The average Bonchev–Trinajstić information content (AvgIpc) is 3.25. The molecule has 0 radical (unpaired) electrons. The van der Waals surface area contributed by atoms with Crippen LogP contribution in [-0.2, 0) is 21.2 Å². The SMILES string of the molecule is CS(=O)(=O)C(CCn1cc(-c2ccc(-c3ncco3)cc2)cn1)C(=O)O. The molecule has 1 aromatic carbocycles. The predicted molar refractivity (Wildman–Crippen MR) is 94.0 cm³/mol. The topological polar surface area (TPSA) is 115 Å². The zero-order valence-corrected chi connectivity index (χ0v) is 14.8. The van der Waals surface area contributed by atoms with Crippen LogP contribution in [0.15, 0.2) is 53.5 Å². The highest BCUT2D eigenvalue weighted by Crippen LogP contribution is 2.23. The van der Waals surface area contributed by atoms with Crippen LogP contribution in [0.5, 0.6) is 0 Å². The van der Waals surface area contributed by atoms with Crippen molar-refractivity contribution in [2.24, 2.45) is 0 Å². The van der Waals surface area contributed by atoms with Gasteiger partial charge in [-0.2, -0.15) is 5.10 Å². The van der Waals surface area contributed by atoms with E-state index in [0.29, 0.717) is 5.89 Å². The Bertz CT molecular complexity index is 991. The number of carbonyl (C=O) groups is 1. The molecular weight excluding hydrogens is 358 g/mol. The fourth-order valence-corrected chi connectivity index (χ4v) is 3.48. The molecule has 8 nitrogen and oxygen atoms in total. The Morgan fingerprint density at radius 1 is 1.23 bits per heavy atom. The summed E-state index contributed by atoms with van der Waals surface area (Å²) in [5.41, 5.74) is 2.61. The van der Waals surface area contributed by atoms with Crippen molar-refractivity contribution in [2.45, 2.75) is 18.2 Å². The van der Waals surface area contributed by atoms with E-state index in [2.05, 4.69) is 10.1 Å². The number of aliphatic carboxylic acids is 1. The lowest BCUT2D eigenvalue weighted by molar-refractivity contribution is -0.136. The van der Waals surface area contributed by atoms with Gasteiger partial charge in [-0.25, -0.2) is 13.4 Å². The van der Waals surface area contributed by atoms with Crippen LogP contribution in [0.3, 0.4) is 0 Å². The predicted octanol–water partition coefficient (Wildman–Crippen LogP) is 2.09. The number of hydrogen-bond donors (Lipinski definition) is 1. The largest absolute Gasteiger partial charge is 0.480 e. The van der Waals surface area contributed by atoms with E-state index in [1.54, 1.807) is 23.3 Å². The third-order valence-corrected chi connectivity index (χ3v) is 5.41. The van der Waals surface area contributed by atoms with Crippen molar-refractivity contribution >= 4 is 15.8 Å². The van der Waals surface area contributed by atoms with Crippen LogP contribution in [0.4, 0.5) is 0 Å². The van der Waals surface area contributed by atoms with Gasteiger partial charge in [0, 0.05) is 30.1 Å². The molecule has 3 aromatic rings. The lowest BCUT2D eigenvalue weighted by atomic mass is 10.1. The number of nitrogens with zero attached hydrogens (tertiary/aromatic N) is 3. The van der Waals surface area contributed by atoms with Gasteiger partial charge in [-0.15, -0.1) is 0 Å². The normalized spacial score (nSPS) is 12.8. The molecule has 0 aliphatic carbocycles. The summed E-state index contributed by atoms with van der Waals surface area (Å²) in [7, 11) is -3.66. The molecule has 9 heteroatoms. The molecule has 1 N–H and O–H groups in total. The Hall–Kier alpha value is -2.94. The Kier molecular flexibility index (Phi) is 4.90. The summed E-state index contributed by atoms with van der Waals surface area (Å²) in [6, 6.07) is 7.56. The van der Waals surface area contributed by atoms with E-state index in [1.807, 2.05) is 24.3 Å². The van der Waals surface area contributed by atoms with Crippen molar-refractivity contribution in [1.82, 2.24) is 14.8 Å². The number of aryl methyl sites for hydroxylation is 1. The maximum absolute atomic E-state index is 11.5. The molecule has 0 aliphatic heterocycles. The molecule has 1 atom stereocenters. The maximum Gasteiger partial charge on any atom is 0.321 e. The van der Waals surface area contributed by atoms with Crippen molar-refractivity contribution in [3.8, 4) is 22.6 Å². The van der Waals surface area contributed by atoms with Crippen molar-refractivity contribution in [3.63, 3.8) is 0 Å². The first kappa shape index (κ1) is 17.9. The minimum Gasteiger partial charge on any atom is -0.480 e. The molecule has 2 aromatic heterocycles. The second-order valence-corrected chi connectivity index (χ2v) is 8.08. The molecule has 1 unspecified atom stereocenters. The monoisotopic (exact) mass is 375 g/mol. The van der Waals surface area contributed by atoms with E-state index < -0.39 is 21.1 Å². The second-order valence-electron chi connectivity index (χ2n) is 5.85. The van der Waals surface area contributed by atoms with E-state index in [-0.39, 0.29) is 13.0 Å². The fourth-order valence-electron chi connectivity index (χ4n) is 2.58. The molecule has 2 heterocycles. The molecule has 0 bridgehead atoms. The molecule has 0 saturated carbocycles. The van der Waals surface area contributed by atoms with Crippen LogP contribution in [0.2, 0.25) is 0 Å². The standard InChI is InChI=1S/C17H17N3O5S/c1-26(23,24)15(17(21)22)6-8-20-11-14(10-19-20)12-2-4-13(5-3-12)16-18-7-9-25-16/h2-5,7,9-11,15H,6,8H2,1H3,(H,21,22). The molecule has 0 fully saturated rings. The molecular formula is C17H17N3O5S. The summed E-state index contributed by atoms with van der Waals surface area (Å²) in [5.74, 6) is -0.810. The molecule has 136 valence electrons. The van der Waals surface area contributed by atoms with E-state index >= 15 is 0 Å². The fraction of sp³-hybridized carbons (Fsp3) is 0.235. The lowest BCUT2D eigenvalue weighted by Crippen LogP contribution is -2.30. The van der Waals surface area contributed by atoms with Gasteiger partial charge in [-0.1, -0.05) is 12.1 Å². The molecule has 0 aliphatic rings. The highest BCUT2D eigenvalue weighted by Gasteiger charge is 2.28. The third-order valence-electron chi connectivity index (χ3n) is 3.94. The van der Waals surface area contributed by atoms with Crippen molar-refractivity contribution < 1.29 is 22.7 Å². The average molecular weight is 375 g/mol. The Balaban J connectivity index is 1.71. The zero-order valence-electron chi connectivity index (χ0n) is 13.9. The third kappa shape index (κ3) is 3.99. The molecule has 3 rings (SSSR count). The van der Waals surface area contributed by atoms with Gasteiger partial charge in [-0.3, -0.25) is 9.48 Å². The number of hydrogen-bond acceptors (Lipinski definition) is 6. The summed E-state index contributed by atoms with van der Waals surface area (Å²) < 4.78 is 29.8. The van der Waals surface area contributed by atoms with Crippen LogP contribution < -0.4 is 0 Å². The summed E-state index contributed by atoms with van der Waals surface area (Å²) >= 11 is 0.